The minimum atomic E-state index is -1.08. The molecule has 1 saturated carbocycles. The second kappa shape index (κ2) is 4.18. The van der Waals surface area contributed by atoms with Gasteiger partial charge in [0.05, 0.1) is 11.8 Å². The Kier molecular flexibility index (Phi) is 2.73. The molecule has 0 aromatic carbocycles. The third kappa shape index (κ3) is 1.57. The highest BCUT2D eigenvalue weighted by Gasteiger charge is 2.60. The van der Waals surface area contributed by atoms with Gasteiger partial charge in [-0.15, -0.1) is 0 Å². The van der Waals surface area contributed by atoms with Crippen LogP contribution in [0.25, 0.3) is 0 Å². The maximum Gasteiger partial charge on any atom is 0.326 e. The molecule has 0 aromatic heterocycles. The molecule has 1 aliphatic heterocycles. The van der Waals surface area contributed by atoms with Crippen LogP contribution < -0.4 is 0 Å². The Balaban J connectivity index is 1.91. The van der Waals surface area contributed by atoms with Gasteiger partial charge in [-0.1, -0.05) is 25.5 Å². The molecule has 1 N–H and O–H groups in total. The molecule has 2 bridgehead atoms. The first-order chi connectivity index (χ1) is 9.06. The van der Waals surface area contributed by atoms with Gasteiger partial charge in [-0.05, 0) is 24.7 Å². The van der Waals surface area contributed by atoms with Crippen molar-refractivity contribution in [2.24, 2.45) is 23.7 Å². The molecule has 5 nitrogen and oxygen atoms in total. The maximum atomic E-state index is 12.4. The van der Waals surface area contributed by atoms with E-state index in [9.17, 15) is 19.5 Å². The average Bonchev–Trinajstić information content (AvgIpc) is 3.02. The largest absolute Gasteiger partial charge is 0.480 e. The lowest BCUT2D eigenvalue weighted by atomic mass is 9.85. The molecular formula is C14H17NO4. The number of fused-ring (bicyclic) bond motifs is 5. The van der Waals surface area contributed by atoms with Crippen LogP contribution in [0.15, 0.2) is 12.2 Å². The van der Waals surface area contributed by atoms with Gasteiger partial charge < -0.3 is 5.11 Å². The summed E-state index contributed by atoms with van der Waals surface area (Å²) in [6.45, 7) is 1.85. The van der Waals surface area contributed by atoms with E-state index in [1.165, 1.54) is 0 Å². The monoisotopic (exact) mass is 263 g/mol. The van der Waals surface area contributed by atoms with Crippen molar-refractivity contribution in [3.8, 4) is 0 Å². The van der Waals surface area contributed by atoms with E-state index < -0.39 is 12.0 Å². The molecule has 5 atom stereocenters. The summed E-state index contributed by atoms with van der Waals surface area (Å²) >= 11 is 0. The molecule has 19 heavy (non-hydrogen) atoms. The van der Waals surface area contributed by atoms with Crippen molar-refractivity contribution < 1.29 is 19.5 Å². The van der Waals surface area contributed by atoms with E-state index in [4.69, 9.17) is 0 Å². The van der Waals surface area contributed by atoms with Crippen LogP contribution in [0.1, 0.15) is 26.2 Å². The number of carbonyl (C=O) groups excluding carboxylic acids is 2. The Bertz CT molecular complexity index is 454. The number of nitrogens with zero attached hydrogens (tertiary/aromatic N) is 1. The summed E-state index contributed by atoms with van der Waals surface area (Å²) in [4.78, 5) is 37.2. The summed E-state index contributed by atoms with van der Waals surface area (Å²) in [5.74, 6) is -1.97. The van der Waals surface area contributed by atoms with Crippen molar-refractivity contribution in [1.82, 2.24) is 4.90 Å². The fourth-order valence-electron chi connectivity index (χ4n) is 3.87. The minimum Gasteiger partial charge on any atom is -0.480 e. The molecule has 3 aliphatic rings. The highest BCUT2D eigenvalue weighted by molar-refractivity contribution is 6.08. The fraction of sp³-hybridized carbons (Fsp3) is 0.643. The van der Waals surface area contributed by atoms with E-state index in [0.29, 0.717) is 12.8 Å². The van der Waals surface area contributed by atoms with E-state index in [1.54, 1.807) is 0 Å². The van der Waals surface area contributed by atoms with Crippen molar-refractivity contribution in [3.05, 3.63) is 12.2 Å². The fourth-order valence-corrected chi connectivity index (χ4v) is 3.87. The smallest absolute Gasteiger partial charge is 0.326 e. The molecule has 0 spiro atoms. The van der Waals surface area contributed by atoms with Gasteiger partial charge in [0.15, 0.2) is 0 Å². The Hall–Kier alpha value is -1.65. The Labute approximate surface area is 111 Å². The van der Waals surface area contributed by atoms with Crippen molar-refractivity contribution in [2.75, 3.05) is 0 Å². The average molecular weight is 263 g/mol. The zero-order valence-electron chi connectivity index (χ0n) is 10.8. The summed E-state index contributed by atoms with van der Waals surface area (Å²) in [6.07, 6.45) is 5.85. The van der Waals surface area contributed by atoms with Crippen LogP contribution >= 0.6 is 0 Å². The van der Waals surface area contributed by atoms with E-state index in [-0.39, 0.29) is 35.5 Å². The van der Waals surface area contributed by atoms with E-state index in [1.807, 2.05) is 19.1 Å². The molecule has 0 radical (unpaired) electrons. The van der Waals surface area contributed by atoms with Gasteiger partial charge in [-0.3, -0.25) is 14.5 Å². The lowest BCUT2D eigenvalue weighted by Crippen LogP contribution is -2.46. The number of hydrogen-bond donors (Lipinski definition) is 1. The van der Waals surface area contributed by atoms with Gasteiger partial charge in [-0.2, -0.15) is 0 Å². The third-order valence-corrected chi connectivity index (χ3v) is 4.66. The molecule has 2 aliphatic carbocycles. The molecule has 0 aromatic rings. The van der Waals surface area contributed by atoms with Crippen LogP contribution in [-0.2, 0) is 14.4 Å². The molecule has 2 fully saturated rings. The van der Waals surface area contributed by atoms with E-state index >= 15 is 0 Å². The number of likely N-dealkylation sites (tertiary alicyclic amines) is 1. The predicted molar refractivity (Wildman–Crippen MR) is 65.9 cm³/mol. The summed E-state index contributed by atoms with van der Waals surface area (Å²) in [5, 5.41) is 9.25. The molecular weight excluding hydrogens is 246 g/mol. The standard InChI is InChI=1S/C14H17NO4/c1-2-3-9(14(18)19)15-12(16)10-7-4-5-8(6-7)11(10)13(15)17/h4-5,7-11H,2-3,6H2,1H3,(H,18,19)/t7-,8-,9-,10-,11-/m0/s1. The normalized spacial score (nSPS) is 37.0. The zero-order chi connectivity index (χ0) is 13.7. The van der Waals surface area contributed by atoms with Crippen LogP contribution in [0.3, 0.4) is 0 Å². The first kappa shape index (κ1) is 12.4. The molecule has 1 heterocycles. The van der Waals surface area contributed by atoms with E-state index in [2.05, 4.69) is 0 Å². The minimum absolute atomic E-state index is 0.132. The first-order valence-electron chi connectivity index (χ1n) is 6.84. The number of aliphatic carboxylic acids is 1. The van der Waals surface area contributed by atoms with E-state index in [0.717, 1.165) is 11.3 Å². The highest BCUT2D eigenvalue weighted by Crippen LogP contribution is 2.52. The highest BCUT2D eigenvalue weighted by atomic mass is 16.4. The lowest BCUT2D eigenvalue weighted by molar-refractivity contribution is -0.155. The quantitative estimate of drug-likeness (QED) is 0.607. The van der Waals surface area contributed by atoms with Gasteiger partial charge in [0.2, 0.25) is 11.8 Å². The number of amides is 2. The molecule has 0 unspecified atom stereocenters. The Morgan fingerprint density at radius 1 is 1.32 bits per heavy atom. The predicted octanol–water partition coefficient (Wildman–Crippen LogP) is 1.05. The molecule has 1 saturated heterocycles. The Morgan fingerprint density at radius 2 is 1.84 bits per heavy atom. The van der Waals surface area contributed by atoms with Crippen molar-refractivity contribution in [1.29, 1.82) is 0 Å². The number of carbonyl (C=O) groups is 3. The van der Waals surface area contributed by atoms with Gasteiger partial charge in [-0.25, -0.2) is 4.79 Å². The van der Waals surface area contributed by atoms with Gasteiger partial charge in [0.1, 0.15) is 6.04 Å². The van der Waals surface area contributed by atoms with Crippen LogP contribution in [-0.4, -0.2) is 33.8 Å². The second-order valence-electron chi connectivity index (χ2n) is 5.69. The SMILES string of the molecule is CCC[C@@H](C(=O)O)N1C(=O)[C@@H]2[C@@H](C1=O)[C@H]1C=C[C@H]2C1. The summed E-state index contributed by atoms with van der Waals surface area (Å²) < 4.78 is 0. The van der Waals surface area contributed by atoms with Gasteiger partial charge in [0.25, 0.3) is 0 Å². The van der Waals surface area contributed by atoms with Crippen LogP contribution in [0.4, 0.5) is 0 Å². The third-order valence-electron chi connectivity index (χ3n) is 4.66. The van der Waals surface area contributed by atoms with Gasteiger partial charge >= 0.3 is 5.97 Å². The zero-order valence-corrected chi connectivity index (χ0v) is 10.8. The summed E-state index contributed by atoms with van der Waals surface area (Å²) in [5.41, 5.74) is 0. The van der Waals surface area contributed by atoms with Crippen molar-refractivity contribution in [2.45, 2.75) is 32.2 Å². The molecule has 3 rings (SSSR count). The van der Waals surface area contributed by atoms with Crippen LogP contribution in [0.5, 0.6) is 0 Å². The Morgan fingerprint density at radius 3 is 2.26 bits per heavy atom. The summed E-state index contributed by atoms with van der Waals surface area (Å²) in [7, 11) is 0. The summed E-state index contributed by atoms with van der Waals surface area (Å²) in [6, 6.07) is -0.991. The molecule has 2 amide bonds. The topological polar surface area (TPSA) is 74.7 Å². The van der Waals surface area contributed by atoms with Crippen molar-refractivity contribution >= 4 is 17.8 Å². The molecule has 102 valence electrons. The van der Waals surface area contributed by atoms with Gasteiger partial charge in [0, 0.05) is 0 Å². The van der Waals surface area contributed by atoms with Crippen molar-refractivity contribution in [3.63, 3.8) is 0 Å². The first-order valence-corrected chi connectivity index (χ1v) is 6.84. The lowest BCUT2D eigenvalue weighted by Gasteiger charge is -2.24. The maximum absolute atomic E-state index is 12.4. The number of allylic oxidation sites excluding steroid dienone is 2. The molecule has 5 heteroatoms. The number of hydrogen-bond acceptors (Lipinski definition) is 3. The number of carboxylic acid groups (broad SMARTS) is 1. The number of imide groups is 1. The van der Waals surface area contributed by atoms with Crippen LogP contribution in [0, 0.1) is 23.7 Å². The number of carboxylic acids is 1. The second-order valence-corrected chi connectivity index (χ2v) is 5.69. The van der Waals surface area contributed by atoms with Crippen LogP contribution in [0.2, 0.25) is 0 Å². The number of rotatable bonds is 4.